The van der Waals surface area contributed by atoms with E-state index in [1.165, 1.54) is 23.5 Å². The van der Waals surface area contributed by atoms with Gasteiger partial charge in [0.2, 0.25) is 5.91 Å². The predicted molar refractivity (Wildman–Crippen MR) is 92.2 cm³/mol. The number of hydrogen-bond acceptors (Lipinski definition) is 4. The van der Waals surface area contributed by atoms with E-state index in [1.54, 1.807) is 31.4 Å². The maximum absolute atomic E-state index is 12.4. The van der Waals surface area contributed by atoms with Crippen molar-refractivity contribution in [2.24, 2.45) is 5.92 Å². The average molecular weight is 386 g/mol. The summed E-state index contributed by atoms with van der Waals surface area (Å²) in [4.78, 5) is 25.1. The summed E-state index contributed by atoms with van der Waals surface area (Å²) in [6.07, 6.45) is -4.78. The third-order valence-corrected chi connectivity index (χ3v) is 4.20. The number of anilines is 1. The van der Waals surface area contributed by atoms with Gasteiger partial charge in [0.05, 0.1) is 4.88 Å². The highest BCUT2D eigenvalue weighted by Gasteiger charge is 2.31. The Morgan fingerprint density at radius 1 is 1.12 bits per heavy atom. The van der Waals surface area contributed by atoms with Crippen LogP contribution in [0, 0.1) is 5.92 Å². The fourth-order valence-corrected chi connectivity index (χ4v) is 2.74. The quantitative estimate of drug-likeness (QED) is 0.787. The summed E-state index contributed by atoms with van der Waals surface area (Å²) in [5.74, 6) is -1.40. The lowest BCUT2D eigenvalue weighted by atomic mass is 10.0. The standard InChI is InChI=1S/C17H17F3N2O3S/c1-10(2)14(22-15(23)13-4-3-9-26-13)16(24)21-11-5-7-12(8-6-11)25-17(18,19)20/h3-10,14H,1-2H3,(H,21,24)(H,22,23). The number of ether oxygens (including phenoxy) is 1. The molecular formula is C17H17F3N2O3S. The summed E-state index contributed by atoms with van der Waals surface area (Å²) in [5, 5.41) is 7.00. The van der Waals surface area contributed by atoms with Gasteiger partial charge in [-0.25, -0.2) is 0 Å². The maximum atomic E-state index is 12.4. The SMILES string of the molecule is CC(C)C(NC(=O)c1cccs1)C(=O)Nc1ccc(OC(F)(F)F)cc1. The van der Waals surface area contributed by atoms with Gasteiger partial charge in [-0.1, -0.05) is 19.9 Å². The van der Waals surface area contributed by atoms with E-state index >= 15 is 0 Å². The van der Waals surface area contributed by atoms with Crippen LogP contribution >= 0.6 is 11.3 Å². The van der Waals surface area contributed by atoms with Gasteiger partial charge in [0.25, 0.3) is 5.91 Å². The largest absolute Gasteiger partial charge is 0.573 e. The molecule has 2 N–H and O–H groups in total. The van der Waals surface area contributed by atoms with Crippen LogP contribution in [0.1, 0.15) is 23.5 Å². The minimum absolute atomic E-state index is 0.188. The van der Waals surface area contributed by atoms with Crippen molar-refractivity contribution in [1.29, 1.82) is 0 Å². The molecule has 9 heteroatoms. The number of carbonyl (C=O) groups excluding carboxylic acids is 2. The second-order valence-electron chi connectivity index (χ2n) is 5.73. The van der Waals surface area contributed by atoms with Crippen molar-refractivity contribution in [3.63, 3.8) is 0 Å². The Bertz CT molecular complexity index is 744. The van der Waals surface area contributed by atoms with Gasteiger partial charge >= 0.3 is 6.36 Å². The molecule has 2 amide bonds. The van der Waals surface area contributed by atoms with E-state index in [1.807, 2.05) is 0 Å². The number of carbonyl (C=O) groups is 2. The van der Waals surface area contributed by atoms with Crippen LogP contribution < -0.4 is 15.4 Å². The molecule has 0 saturated carbocycles. The third-order valence-electron chi connectivity index (χ3n) is 3.34. The molecule has 0 spiro atoms. The van der Waals surface area contributed by atoms with Gasteiger partial charge < -0.3 is 15.4 Å². The van der Waals surface area contributed by atoms with Crippen LogP contribution in [0.2, 0.25) is 0 Å². The number of thiophene rings is 1. The van der Waals surface area contributed by atoms with Crippen LogP contribution in [-0.2, 0) is 4.79 Å². The van der Waals surface area contributed by atoms with Gasteiger partial charge in [-0.2, -0.15) is 0 Å². The molecule has 2 rings (SSSR count). The molecule has 0 aliphatic rings. The zero-order chi connectivity index (χ0) is 19.3. The van der Waals surface area contributed by atoms with Crippen LogP contribution in [0.4, 0.5) is 18.9 Å². The van der Waals surface area contributed by atoms with Gasteiger partial charge in [-0.15, -0.1) is 24.5 Å². The van der Waals surface area contributed by atoms with Crippen LogP contribution in [0.5, 0.6) is 5.75 Å². The highest BCUT2D eigenvalue weighted by molar-refractivity contribution is 7.12. The summed E-state index contributed by atoms with van der Waals surface area (Å²) in [6, 6.07) is 7.35. The molecule has 0 aliphatic carbocycles. The number of nitrogens with one attached hydrogen (secondary N) is 2. The normalized spacial score (nSPS) is 12.5. The maximum Gasteiger partial charge on any atom is 0.573 e. The van der Waals surface area contributed by atoms with Crippen molar-refractivity contribution in [1.82, 2.24) is 5.32 Å². The second kappa shape index (κ2) is 8.22. The average Bonchev–Trinajstić information content (AvgIpc) is 3.07. The van der Waals surface area contributed by atoms with Crippen LogP contribution in [0.15, 0.2) is 41.8 Å². The monoisotopic (exact) mass is 386 g/mol. The molecule has 5 nitrogen and oxygen atoms in total. The number of rotatable bonds is 6. The second-order valence-corrected chi connectivity index (χ2v) is 6.68. The van der Waals surface area contributed by atoms with Crippen molar-refractivity contribution in [3.05, 3.63) is 46.7 Å². The lowest BCUT2D eigenvalue weighted by Gasteiger charge is -2.21. The van der Waals surface area contributed by atoms with E-state index in [2.05, 4.69) is 15.4 Å². The van der Waals surface area contributed by atoms with Crippen LogP contribution in [0.3, 0.4) is 0 Å². The van der Waals surface area contributed by atoms with Gasteiger partial charge in [-0.3, -0.25) is 9.59 Å². The van der Waals surface area contributed by atoms with Crippen molar-refractivity contribution < 1.29 is 27.5 Å². The molecule has 1 aromatic carbocycles. The number of hydrogen-bond donors (Lipinski definition) is 2. The summed E-state index contributed by atoms with van der Waals surface area (Å²) in [6.45, 7) is 3.55. The fraction of sp³-hybridized carbons (Fsp3) is 0.294. The van der Waals surface area contributed by atoms with Gasteiger partial charge in [-0.05, 0) is 41.6 Å². The first kappa shape index (κ1) is 19.8. The van der Waals surface area contributed by atoms with Crippen molar-refractivity contribution in [2.75, 3.05) is 5.32 Å². The highest BCUT2D eigenvalue weighted by atomic mass is 32.1. The fourth-order valence-electron chi connectivity index (χ4n) is 2.12. The Hall–Kier alpha value is -2.55. The van der Waals surface area contributed by atoms with Crippen LogP contribution in [-0.4, -0.2) is 24.2 Å². The minimum atomic E-state index is -4.78. The Morgan fingerprint density at radius 2 is 1.77 bits per heavy atom. The molecule has 1 heterocycles. The van der Waals surface area contributed by atoms with Gasteiger partial charge in [0.15, 0.2) is 0 Å². The van der Waals surface area contributed by atoms with Crippen LogP contribution in [0.25, 0.3) is 0 Å². The number of alkyl halides is 3. The first-order valence-electron chi connectivity index (χ1n) is 7.67. The van der Waals surface area contributed by atoms with Gasteiger partial charge in [0, 0.05) is 5.69 Å². The summed E-state index contributed by atoms with van der Waals surface area (Å²) >= 11 is 1.26. The molecule has 2 aromatic rings. The van der Waals surface area contributed by atoms with E-state index in [9.17, 15) is 22.8 Å². The minimum Gasteiger partial charge on any atom is -0.406 e. The van der Waals surface area contributed by atoms with Crippen molar-refractivity contribution in [2.45, 2.75) is 26.3 Å². The molecule has 0 fully saturated rings. The van der Waals surface area contributed by atoms with E-state index in [4.69, 9.17) is 0 Å². The number of amides is 2. The summed E-state index contributed by atoms with van der Waals surface area (Å²) in [5.41, 5.74) is 0.292. The molecule has 0 bridgehead atoms. The Labute approximate surface area is 152 Å². The van der Waals surface area contributed by atoms with Crippen molar-refractivity contribution in [3.8, 4) is 5.75 Å². The first-order valence-corrected chi connectivity index (χ1v) is 8.55. The molecule has 1 atom stereocenters. The molecule has 140 valence electrons. The topological polar surface area (TPSA) is 67.4 Å². The Balaban J connectivity index is 2.02. The van der Waals surface area contributed by atoms with E-state index in [-0.39, 0.29) is 17.6 Å². The molecule has 0 radical (unpaired) electrons. The van der Waals surface area contributed by atoms with E-state index in [0.29, 0.717) is 10.6 Å². The summed E-state index contributed by atoms with van der Waals surface area (Å²) in [7, 11) is 0. The lowest BCUT2D eigenvalue weighted by molar-refractivity contribution is -0.274. The zero-order valence-electron chi connectivity index (χ0n) is 14.0. The predicted octanol–water partition coefficient (Wildman–Crippen LogP) is 4.04. The van der Waals surface area contributed by atoms with E-state index < -0.39 is 18.3 Å². The smallest absolute Gasteiger partial charge is 0.406 e. The third kappa shape index (κ3) is 5.76. The molecule has 1 unspecified atom stereocenters. The highest BCUT2D eigenvalue weighted by Crippen LogP contribution is 2.24. The summed E-state index contributed by atoms with van der Waals surface area (Å²) < 4.78 is 40.2. The van der Waals surface area contributed by atoms with Gasteiger partial charge in [0.1, 0.15) is 11.8 Å². The Morgan fingerprint density at radius 3 is 2.27 bits per heavy atom. The first-order chi connectivity index (χ1) is 12.2. The number of halogens is 3. The van der Waals surface area contributed by atoms with E-state index in [0.717, 1.165) is 12.1 Å². The lowest BCUT2D eigenvalue weighted by Crippen LogP contribution is -2.46. The number of benzene rings is 1. The zero-order valence-corrected chi connectivity index (χ0v) is 14.8. The van der Waals surface area contributed by atoms with Crippen molar-refractivity contribution >= 4 is 28.8 Å². The molecule has 0 aliphatic heterocycles. The molecule has 1 aromatic heterocycles. The molecule has 26 heavy (non-hydrogen) atoms. The molecular weight excluding hydrogens is 369 g/mol. The Kier molecular flexibility index (Phi) is 6.25. The molecule has 0 saturated heterocycles.